The second kappa shape index (κ2) is 11.9. The summed E-state index contributed by atoms with van der Waals surface area (Å²) in [7, 11) is -8.45. The van der Waals surface area contributed by atoms with Crippen LogP contribution in [0.15, 0.2) is 94.7 Å². The summed E-state index contributed by atoms with van der Waals surface area (Å²) in [5, 5.41) is 37.2. The largest absolute Gasteiger partial charge is 0.478 e. The van der Waals surface area contributed by atoms with Crippen molar-refractivity contribution in [1.29, 1.82) is 10.5 Å². The molecular formula is C28H18N4O9S2. The Hall–Kier alpha value is -5.90. The Bertz CT molecular complexity index is 1900. The molecule has 0 amide bonds. The number of ether oxygens (including phenoxy) is 1. The number of nitriles is 2. The van der Waals surface area contributed by atoms with Gasteiger partial charge in [0.05, 0.1) is 55.6 Å². The van der Waals surface area contributed by atoms with Crippen molar-refractivity contribution in [2.45, 2.75) is 9.79 Å². The molecule has 15 heteroatoms. The molecule has 4 aromatic carbocycles. The normalized spacial score (nSPS) is 11.0. The van der Waals surface area contributed by atoms with Crippen molar-refractivity contribution < 1.29 is 41.4 Å². The van der Waals surface area contributed by atoms with Crippen LogP contribution in [0.3, 0.4) is 0 Å². The lowest BCUT2D eigenvalue weighted by Gasteiger charge is -2.14. The third-order valence-corrected chi connectivity index (χ3v) is 8.52. The maximum absolute atomic E-state index is 12.8. The van der Waals surface area contributed by atoms with E-state index >= 15 is 0 Å². The van der Waals surface area contributed by atoms with Crippen molar-refractivity contribution in [2.24, 2.45) is 0 Å². The summed E-state index contributed by atoms with van der Waals surface area (Å²) in [6.45, 7) is 0. The standard InChI is InChI=1S/C28H18N4O9S2/c29-15-17-1-7-21(8-2-17)42(37,38)31-25-11-5-19(13-23(25)27(33)34)41-20-6-12-26(24(14-20)28(35)36)32-43(39,40)22-9-3-18(16-30)4-10-22/h1-14,31-32H,(H,33,34)(H,35,36). The van der Waals surface area contributed by atoms with E-state index in [1.54, 1.807) is 0 Å². The van der Waals surface area contributed by atoms with Gasteiger partial charge in [-0.25, -0.2) is 26.4 Å². The Balaban J connectivity index is 1.59. The Kier molecular flexibility index (Phi) is 8.33. The highest BCUT2D eigenvalue weighted by Crippen LogP contribution is 2.31. The summed E-state index contributed by atoms with van der Waals surface area (Å²) in [6.07, 6.45) is 0. The minimum atomic E-state index is -4.22. The number of aromatic carboxylic acids is 2. The van der Waals surface area contributed by atoms with Gasteiger partial charge < -0.3 is 14.9 Å². The van der Waals surface area contributed by atoms with E-state index < -0.39 is 43.1 Å². The average molecular weight is 619 g/mol. The SMILES string of the molecule is N#Cc1ccc(S(=O)(=O)Nc2ccc(Oc3ccc(NS(=O)(=O)c4ccc(C#N)cc4)c(C(=O)O)c3)cc2C(=O)O)cc1. The number of hydrogen-bond donors (Lipinski definition) is 4. The molecule has 0 unspecified atom stereocenters. The number of hydrogen-bond acceptors (Lipinski definition) is 9. The van der Waals surface area contributed by atoms with Gasteiger partial charge in [-0.3, -0.25) is 9.44 Å². The first-order valence-corrected chi connectivity index (χ1v) is 14.8. The van der Waals surface area contributed by atoms with Gasteiger partial charge in [0.1, 0.15) is 11.5 Å². The van der Waals surface area contributed by atoms with Gasteiger partial charge in [0, 0.05) is 0 Å². The monoisotopic (exact) mass is 618 g/mol. The number of benzene rings is 4. The zero-order valence-electron chi connectivity index (χ0n) is 21.5. The fourth-order valence-electron chi connectivity index (χ4n) is 3.67. The third-order valence-electron chi connectivity index (χ3n) is 5.75. The van der Waals surface area contributed by atoms with Crippen molar-refractivity contribution in [3.05, 3.63) is 107 Å². The number of sulfonamides is 2. The van der Waals surface area contributed by atoms with E-state index in [2.05, 4.69) is 9.44 Å². The first-order chi connectivity index (χ1) is 20.3. The van der Waals surface area contributed by atoms with E-state index in [-0.39, 0.29) is 43.8 Å². The topological polar surface area (TPSA) is 224 Å². The molecule has 0 saturated carbocycles. The van der Waals surface area contributed by atoms with Gasteiger partial charge in [0.15, 0.2) is 0 Å². The zero-order chi connectivity index (χ0) is 31.4. The summed E-state index contributed by atoms with van der Waals surface area (Å²) in [6, 6.07) is 20.4. The van der Waals surface area contributed by atoms with E-state index in [1.165, 1.54) is 60.7 Å². The van der Waals surface area contributed by atoms with E-state index in [0.717, 1.165) is 24.3 Å². The summed E-state index contributed by atoms with van der Waals surface area (Å²) >= 11 is 0. The summed E-state index contributed by atoms with van der Waals surface area (Å²) < 4.78 is 61.0. The van der Waals surface area contributed by atoms with Crippen molar-refractivity contribution in [1.82, 2.24) is 0 Å². The number of nitrogens with one attached hydrogen (secondary N) is 2. The van der Waals surface area contributed by atoms with Gasteiger partial charge in [-0.05, 0) is 84.9 Å². The Morgan fingerprint density at radius 3 is 1.26 bits per heavy atom. The number of anilines is 2. The molecule has 4 N–H and O–H groups in total. The highest BCUT2D eigenvalue weighted by molar-refractivity contribution is 7.93. The quantitative estimate of drug-likeness (QED) is 0.197. The van der Waals surface area contributed by atoms with Crippen LogP contribution in [0.4, 0.5) is 11.4 Å². The van der Waals surface area contributed by atoms with Crippen molar-refractivity contribution in [2.75, 3.05) is 9.44 Å². The molecule has 0 aliphatic heterocycles. The molecule has 0 radical (unpaired) electrons. The Morgan fingerprint density at radius 2 is 0.953 bits per heavy atom. The molecule has 0 heterocycles. The number of nitrogens with zero attached hydrogens (tertiary/aromatic N) is 2. The first kappa shape index (κ1) is 30.1. The number of carbonyl (C=O) groups is 2. The fourth-order valence-corrected chi connectivity index (χ4v) is 5.83. The fraction of sp³-hybridized carbons (Fsp3) is 0. The molecule has 0 atom stereocenters. The summed E-state index contributed by atoms with van der Waals surface area (Å²) in [5.74, 6) is -3.19. The molecule has 0 fully saturated rings. The van der Waals surface area contributed by atoms with Crippen LogP contribution in [0.25, 0.3) is 0 Å². The Labute approximate surface area is 244 Å². The number of carboxylic acids is 2. The second-order valence-electron chi connectivity index (χ2n) is 8.61. The highest BCUT2D eigenvalue weighted by atomic mass is 32.2. The average Bonchev–Trinajstić information content (AvgIpc) is 2.98. The van der Waals surface area contributed by atoms with Crippen molar-refractivity contribution in [3.63, 3.8) is 0 Å². The molecular weight excluding hydrogens is 600 g/mol. The van der Waals surface area contributed by atoms with Gasteiger partial charge >= 0.3 is 11.9 Å². The molecule has 43 heavy (non-hydrogen) atoms. The highest BCUT2D eigenvalue weighted by Gasteiger charge is 2.22. The first-order valence-electron chi connectivity index (χ1n) is 11.8. The second-order valence-corrected chi connectivity index (χ2v) is 12.0. The van der Waals surface area contributed by atoms with Crippen LogP contribution >= 0.6 is 0 Å². The van der Waals surface area contributed by atoms with E-state index in [4.69, 9.17) is 15.3 Å². The van der Waals surface area contributed by atoms with Gasteiger partial charge in [0.2, 0.25) is 0 Å². The molecule has 0 saturated heterocycles. The smallest absolute Gasteiger partial charge is 0.337 e. The van der Waals surface area contributed by atoms with Crippen LogP contribution in [0.1, 0.15) is 31.8 Å². The molecule has 4 aromatic rings. The molecule has 0 aliphatic carbocycles. The van der Waals surface area contributed by atoms with Crippen LogP contribution in [-0.4, -0.2) is 39.0 Å². The zero-order valence-corrected chi connectivity index (χ0v) is 23.2. The summed E-state index contributed by atoms with van der Waals surface area (Å²) in [5.41, 5.74) is -1.09. The predicted molar refractivity (Wildman–Crippen MR) is 151 cm³/mol. The van der Waals surface area contributed by atoms with E-state index in [0.29, 0.717) is 0 Å². The number of carboxylic acid groups (broad SMARTS) is 2. The Morgan fingerprint density at radius 1 is 0.605 bits per heavy atom. The van der Waals surface area contributed by atoms with Gasteiger partial charge in [0.25, 0.3) is 20.0 Å². The lowest BCUT2D eigenvalue weighted by molar-refractivity contribution is 0.0687. The minimum absolute atomic E-state index is 0.0963. The van der Waals surface area contributed by atoms with Crippen molar-refractivity contribution in [3.8, 4) is 23.6 Å². The maximum atomic E-state index is 12.8. The van der Waals surface area contributed by atoms with Crippen LogP contribution < -0.4 is 14.2 Å². The van der Waals surface area contributed by atoms with Crippen LogP contribution in [0, 0.1) is 22.7 Å². The van der Waals surface area contributed by atoms with Crippen LogP contribution in [0.5, 0.6) is 11.5 Å². The minimum Gasteiger partial charge on any atom is -0.478 e. The lowest BCUT2D eigenvalue weighted by atomic mass is 10.1. The van der Waals surface area contributed by atoms with Gasteiger partial charge in [-0.15, -0.1) is 0 Å². The van der Waals surface area contributed by atoms with Crippen LogP contribution in [0.2, 0.25) is 0 Å². The molecule has 0 aromatic heterocycles. The molecule has 4 rings (SSSR count). The lowest BCUT2D eigenvalue weighted by Crippen LogP contribution is -2.16. The molecule has 0 spiro atoms. The van der Waals surface area contributed by atoms with E-state index in [1.807, 2.05) is 12.1 Å². The summed E-state index contributed by atoms with van der Waals surface area (Å²) in [4.78, 5) is 23.4. The number of rotatable bonds is 10. The maximum Gasteiger partial charge on any atom is 0.337 e. The van der Waals surface area contributed by atoms with Crippen molar-refractivity contribution >= 4 is 43.4 Å². The van der Waals surface area contributed by atoms with Gasteiger partial charge in [-0.2, -0.15) is 10.5 Å². The molecule has 0 bridgehead atoms. The third kappa shape index (κ3) is 6.88. The van der Waals surface area contributed by atoms with Gasteiger partial charge in [-0.1, -0.05) is 0 Å². The molecule has 216 valence electrons. The van der Waals surface area contributed by atoms with Crippen LogP contribution in [-0.2, 0) is 20.0 Å². The molecule has 0 aliphatic rings. The molecule has 13 nitrogen and oxygen atoms in total. The van der Waals surface area contributed by atoms with E-state index in [9.17, 15) is 36.6 Å². The predicted octanol–water partition coefficient (Wildman–Crippen LogP) is 4.22.